The molecule has 0 fully saturated rings. The van der Waals surface area contributed by atoms with Gasteiger partial charge in [0.1, 0.15) is 64.9 Å². The van der Waals surface area contributed by atoms with Crippen LogP contribution < -0.4 is 69.4 Å². The number of pyridine rings is 1. The third kappa shape index (κ3) is 25.3. The molecule has 0 aliphatic carbocycles. The number of hydrogen-bond acceptors (Lipinski definition) is 20. The average Bonchev–Trinajstić information content (AvgIpc) is 1.10. The number of carbonyl (C=O) groups is 13. The standard InChI is InChI=1S/C75H94FN15O19/c1-9-44-30-48(110-8)23-24-50(44)45-21-18-42(19-22-45)28-56(67(103)83-55(64(78)100)29-43-20-25-53(80-34-43)49-16-12-10-14-39(49)2)84-68(104)57(32-61(98)99)85-69(105)58(37-92)86-70(106)62(40(3)93)89-73(109)75(7,33-46-15-11-13-17-51(46)76)91-71(107)63(41(4)94)88-59(95)36-81-66(102)54(26-27-60(96)97)87-72(108)74(5,6)90-65(101)52(77)31-47-35-79-38-82-47/h10-25,30,34-35,38,40-41,52,54-58,62-63,92-94H,9,26-29,31-33,36-37,77H2,1-8H3,(H2,78,100)(H,79,82)(H,81,102)(H,83,103)(H,84,104)(H,85,105)(H,86,106)(H,87,108)(H,88,95)(H,89,109)(H,90,101)(H,91,107)(H,96,97)(H,98,99)/t40?,41?,52-,54-,55-,56-,57-,58-,62-,63-,75?/m0/s1. The fourth-order valence-electron chi connectivity index (χ4n) is 11.4. The number of primary amides is 1. The van der Waals surface area contributed by atoms with Gasteiger partial charge < -0.3 is 99.9 Å². The zero-order valence-corrected chi connectivity index (χ0v) is 61.8. The summed E-state index contributed by atoms with van der Waals surface area (Å²) in [4.78, 5) is 188. The van der Waals surface area contributed by atoms with Gasteiger partial charge in [0.2, 0.25) is 65.0 Å². The van der Waals surface area contributed by atoms with Crippen molar-refractivity contribution in [3.8, 4) is 28.1 Å². The van der Waals surface area contributed by atoms with Gasteiger partial charge in [0.05, 0.1) is 62.6 Å². The number of aromatic amines is 1. The molecule has 590 valence electrons. The number of aryl methyl sites for hydroxylation is 2. The van der Waals surface area contributed by atoms with Crippen LogP contribution in [0.4, 0.5) is 4.39 Å². The van der Waals surface area contributed by atoms with Crippen molar-refractivity contribution < 1.29 is 97.0 Å². The van der Waals surface area contributed by atoms with Crippen molar-refractivity contribution in [3.05, 3.63) is 161 Å². The highest BCUT2D eigenvalue weighted by Gasteiger charge is 2.43. The molecule has 0 saturated carbocycles. The van der Waals surface area contributed by atoms with Crippen molar-refractivity contribution in [2.24, 2.45) is 11.5 Å². The summed E-state index contributed by atoms with van der Waals surface area (Å²) >= 11 is 0. The minimum atomic E-state index is -2.43. The smallest absolute Gasteiger partial charge is 0.305 e. The molecular formula is C75H94FN15O19. The maximum absolute atomic E-state index is 15.5. The van der Waals surface area contributed by atoms with Crippen molar-refractivity contribution in [1.82, 2.24) is 68.1 Å². The van der Waals surface area contributed by atoms with Crippen molar-refractivity contribution in [2.45, 2.75) is 171 Å². The van der Waals surface area contributed by atoms with Crippen LogP contribution in [0.3, 0.4) is 0 Å². The number of nitrogens with one attached hydrogen (secondary N) is 11. The molecule has 0 saturated heterocycles. The molecule has 4 aromatic carbocycles. The maximum Gasteiger partial charge on any atom is 0.305 e. The number of aliphatic carboxylic acids is 2. The second-order valence-corrected chi connectivity index (χ2v) is 27.0. The summed E-state index contributed by atoms with van der Waals surface area (Å²) in [7, 11) is 1.54. The lowest BCUT2D eigenvalue weighted by Gasteiger charge is -2.34. The Hall–Kier alpha value is -12.1. The second kappa shape index (κ2) is 40.2. The first-order chi connectivity index (χ1) is 52.0. The van der Waals surface area contributed by atoms with Crippen LogP contribution in [0.15, 0.2) is 122 Å². The van der Waals surface area contributed by atoms with Gasteiger partial charge in [-0.1, -0.05) is 85.8 Å². The van der Waals surface area contributed by atoms with E-state index >= 15 is 4.39 Å². The van der Waals surface area contributed by atoms with E-state index in [-0.39, 0.29) is 24.8 Å². The first kappa shape index (κ1) is 86.8. The number of rotatable bonds is 41. The highest BCUT2D eigenvalue weighted by atomic mass is 19.1. The Morgan fingerprint density at radius 1 is 0.609 bits per heavy atom. The zero-order valence-electron chi connectivity index (χ0n) is 61.8. The van der Waals surface area contributed by atoms with Gasteiger partial charge in [-0.3, -0.25) is 67.3 Å². The number of amides is 11. The molecule has 3 unspecified atom stereocenters. The van der Waals surface area contributed by atoms with Crippen LogP contribution in [0.1, 0.15) is 94.3 Å². The summed E-state index contributed by atoms with van der Waals surface area (Å²) in [5.41, 5.74) is 13.9. The molecule has 0 aliphatic heterocycles. The van der Waals surface area contributed by atoms with Crippen molar-refractivity contribution >= 4 is 76.9 Å². The van der Waals surface area contributed by atoms with Crippen molar-refractivity contribution in [3.63, 3.8) is 0 Å². The molecular weight excluding hydrogens is 1430 g/mol. The number of carboxylic acid groups (broad SMARTS) is 2. The van der Waals surface area contributed by atoms with Gasteiger partial charge in [-0.05, 0) is 118 Å². The Balaban J connectivity index is 1.17. The predicted octanol–water partition coefficient (Wildman–Crippen LogP) is -1.39. The second-order valence-electron chi connectivity index (χ2n) is 27.0. The normalized spacial score (nSPS) is 14.5. The number of nitrogens with zero attached hydrogens (tertiary/aromatic N) is 2. The summed E-state index contributed by atoms with van der Waals surface area (Å²) in [6.45, 7) is 7.21. The quantitative estimate of drug-likeness (QED) is 0.0210. The molecule has 0 bridgehead atoms. The molecule has 0 aliphatic rings. The van der Waals surface area contributed by atoms with Gasteiger partial charge in [0, 0.05) is 50.1 Å². The first-order valence-electron chi connectivity index (χ1n) is 34.9. The molecule has 2 heterocycles. The number of aliphatic hydroxyl groups excluding tert-OH is 3. The number of imidazole rings is 1. The molecule has 11 atom stereocenters. The molecule has 11 amide bonds. The monoisotopic (exact) mass is 1530 g/mol. The van der Waals surface area contributed by atoms with Crippen LogP contribution in [-0.2, 0) is 94.4 Å². The summed E-state index contributed by atoms with van der Waals surface area (Å²) in [5.74, 6) is -16.2. The Kier molecular flexibility index (Phi) is 31.7. The molecule has 0 radical (unpaired) electrons. The van der Waals surface area contributed by atoms with Crippen LogP contribution >= 0.6 is 0 Å². The Labute approximate surface area is 632 Å². The molecule has 110 heavy (non-hydrogen) atoms. The Morgan fingerprint density at radius 3 is 1.81 bits per heavy atom. The van der Waals surface area contributed by atoms with Gasteiger partial charge in [0.25, 0.3) is 0 Å². The number of hydrogen-bond donors (Lipinski definition) is 18. The minimum Gasteiger partial charge on any atom is -0.497 e. The van der Waals surface area contributed by atoms with Crippen LogP contribution in [-0.4, -0.2) is 209 Å². The highest BCUT2D eigenvalue weighted by molar-refractivity contribution is 6.01. The van der Waals surface area contributed by atoms with E-state index in [4.69, 9.17) is 16.2 Å². The number of benzene rings is 4. The summed E-state index contributed by atoms with van der Waals surface area (Å²) < 4.78 is 20.9. The van der Waals surface area contributed by atoms with E-state index < -0.39 is 193 Å². The number of halogens is 1. The number of ether oxygens (including phenoxy) is 1. The number of nitrogens with two attached hydrogens (primary N) is 2. The fraction of sp³-hybridized carbons (Fsp3) is 0.400. The van der Waals surface area contributed by atoms with Crippen molar-refractivity contribution in [1.29, 1.82) is 0 Å². The number of methoxy groups -OCH3 is 1. The number of aromatic nitrogens is 3. The first-order valence-corrected chi connectivity index (χ1v) is 34.9. The number of carbonyl (C=O) groups excluding carboxylic acids is 11. The predicted molar refractivity (Wildman–Crippen MR) is 394 cm³/mol. The van der Waals surface area contributed by atoms with Gasteiger partial charge in [-0.15, -0.1) is 0 Å². The lowest BCUT2D eigenvalue weighted by atomic mass is 9.90. The summed E-state index contributed by atoms with van der Waals surface area (Å²) in [6, 6.07) is 14.1. The molecule has 20 N–H and O–H groups in total. The van der Waals surface area contributed by atoms with Gasteiger partial charge >= 0.3 is 11.9 Å². The average molecular weight is 1530 g/mol. The van der Waals surface area contributed by atoms with E-state index in [1.54, 1.807) is 49.6 Å². The van der Waals surface area contributed by atoms with E-state index in [0.29, 0.717) is 34.7 Å². The molecule has 6 rings (SSSR count). The van der Waals surface area contributed by atoms with Crippen LogP contribution in [0.25, 0.3) is 22.4 Å². The maximum atomic E-state index is 15.5. The molecule has 35 heteroatoms. The van der Waals surface area contributed by atoms with Crippen LogP contribution in [0.5, 0.6) is 5.75 Å². The van der Waals surface area contributed by atoms with E-state index in [9.17, 15) is 87.9 Å². The van der Waals surface area contributed by atoms with E-state index in [2.05, 4.69) is 68.1 Å². The van der Waals surface area contributed by atoms with E-state index in [1.165, 1.54) is 50.8 Å². The lowest BCUT2D eigenvalue weighted by Crippen LogP contribution is -2.67. The third-order valence-electron chi connectivity index (χ3n) is 17.8. The summed E-state index contributed by atoms with van der Waals surface area (Å²) in [6.07, 6.45) is -2.35. The lowest BCUT2D eigenvalue weighted by molar-refractivity contribution is -0.142. The number of carboxylic acids is 2. The van der Waals surface area contributed by atoms with Crippen LogP contribution in [0.2, 0.25) is 0 Å². The van der Waals surface area contributed by atoms with Gasteiger partial charge in [-0.2, -0.15) is 0 Å². The topological polar surface area (TPSA) is 546 Å². The van der Waals surface area contributed by atoms with Crippen LogP contribution in [0, 0.1) is 12.7 Å². The van der Waals surface area contributed by atoms with Gasteiger partial charge in [0.15, 0.2) is 0 Å². The molecule has 0 spiro atoms. The largest absolute Gasteiger partial charge is 0.497 e. The van der Waals surface area contributed by atoms with Crippen molar-refractivity contribution in [2.75, 3.05) is 20.3 Å². The van der Waals surface area contributed by atoms with Gasteiger partial charge in [-0.25, -0.2) is 9.37 Å². The minimum absolute atomic E-state index is 0.0170. The molecule has 6 aromatic rings. The number of H-pyrrole nitrogens is 1. The number of aliphatic hydroxyl groups is 3. The van der Waals surface area contributed by atoms with E-state index in [1.807, 2.05) is 50.2 Å². The highest BCUT2D eigenvalue weighted by Crippen LogP contribution is 2.29. The SMILES string of the molecule is CCc1cc(OC)ccc1-c1ccc(C[C@H](NC(=O)[C@H](CC(=O)O)NC(=O)[C@H](CO)NC(=O)[C@@H](NC(=O)C(C)(Cc2ccccc2F)NC(=O)[C@@H](NC(=O)CNC(=O)[C@H](CCC(=O)O)NC(=O)C(C)(C)NC(=O)[C@@H](N)Cc2c[nH]cn2)C(C)O)C(C)O)C(=O)N[C@@H](Cc2ccc(-c3ccccc3C)nc2)C(N)=O)cc1. The molecule has 2 aromatic heterocycles. The fourth-order valence-corrected chi connectivity index (χ4v) is 11.4. The Morgan fingerprint density at radius 2 is 1.22 bits per heavy atom. The Bertz CT molecular complexity index is 4280. The third-order valence-corrected chi connectivity index (χ3v) is 17.8. The molecule has 34 nitrogen and oxygen atoms in total. The zero-order chi connectivity index (χ0) is 81.3. The summed E-state index contributed by atoms with van der Waals surface area (Å²) in [5, 5.41) is 75.2. The van der Waals surface area contributed by atoms with E-state index in [0.717, 1.165) is 54.7 Å².